The Hall–Kier alpha value is -1.59. The lowest BCUT2D eigenvalue weighted by atomic mass is 10.1. The van der Waals surface area contributed by atoms with Crippen molar-refractivity contribution in [3.05, 3.63) is 35.1 Å². The first-order valence-electron chi connectivity index (χ1n) is 7.39. The zero-order valence-corrected chi connectivity index (χ0v) is 12.5. The number of benzene rings is 1. The molecular weight excluding hydrogens is 300 g/mol. The van der Waals surface area contributed by atoms with E-state index in [-0.39, 0.29) is 6.61 Å². The van der Waals surface area contributed by atoms with Crippen LogP contribution in [0.4, 0.5) is 17.6 Å². The first kappa shape index (κ1) is 18.5. The Morgan fingerprint density at radius 1 is 1.05 bits per heavy atom. The van der Waals surface area contributed by atoms with Gasteiger partial charge in [-0.2, -0.15) is 13.2 Å². The number of halogens is 4. The minimum atomic E-state index is -4.70. The van der Waals surface area contributed by atoms with Crippen molar-refractivity contribution >= 4 is 5.97 Å². The quantitative estimate of drug-likeness (QED) is 0.366. The largest absolute Gasteiger partial charge is 0.462 e. The van der Waals surface area contributed by atoms with Crippen LogP contribution in [0.1, 0.15) is 61.4 Å². The van der Waals surface area contributed by atoms with Crippen LogP contribution in [0, 0.1) is 5.82 Å². The van der Waals surface area contributed by atoms with Crippen LogP contribution in [0.5, 0.6) is 0 Å². The lowest BCUT2D eigenvalue weighted by molar-refractivity contribution is -0.137. The third-order valence-electron chi connectivity index (χ3n) is 3.19. The monoisotopic (exact) mass is 320 g/mol. The van der Waals surface area contributed by atoms with Gasteiger partial charge in [0, 0.05) is 0 Å². The van der Waals surface area contributed by atoms with Crippen molar-refractivity contribution in [2.24, 2.45) is 0 Å². The van der Waals surface area contributed by atoms with Crippen molar-refractivity contribution in [1.29, 1.82) is 0 Å². The molecular formula is C16H20F4O2. The van der Waals surface area contributed by atoms with Gasteiger partial charge in [0.05, 0.1) is 17.7 Å². The number of unbranched alkanes of at least 4 members (excludes halogenated alkanes) is 5. The van der Waals surface area contributed by atoms with Crippen LogP contribution in [0.3, 0.4) is 0 Å². The maximum Gasteiger partial charge on any atom is 0.416 e. The lowest BCUT2D eigenvalue weighted by Gasteiger charge is -2.09. The average molecular weight is 320 g/mol. The van der Waals surface area contributed by atoms with Crippen molar-refractivity contribution in [1.82, 2.24) is 0 Å². The maximum atomic E-state index is 13.2. The van der Waals surface area contributed by atoms with Crippen molar-refractivity contribution in [3.63, 3.8) is 0 Å². The van der Waals surface area contributed by atoms with Crippen molar-refractivity contribution < 1.29 is 27.1 Å². The second-order valence-corrected chi connectivity index (χ2v) is 5.13. The first-order valence-corrected chi connectivity index (χ1v) is 7.39. The molecule has 0 spiro atoms. The Morgan fingerprint density at radius 3 is 2.32 bits per heavy atom. The molecule has 0 unspecified atom stereocenters. The molecule has 0 fully saturated rings. The fraction of sp³-hybridized carbons (Fsp3) is 0.562. The average Bonchev–Trinajstić information content (AvgIpc) is 2.44. The van der Waals surface area contributed by atoms with Crippen LogP contribution in [-0.4, -0.2) is 12.6 Å². The zero-order valence-electron chi connectivity index (χ0n) is 12.5. The molecule has 0 saturated carbocycles. The summed E-state index contributed by atoms with van der Waals surface area (Å²) in [7, 11) is 0. The number of carbonyl (C=O) groups excluding carboxylic acids is 1. The van der Waals surface area contributed by atoms with Gasteiger partial charge in [0.2, 0.25) is 0 Å². The minimum Gasteiger partial charge on any atom is -0.462 e. The van der Waals surface area contributed by atoms with Gasteiger partial charge in [-0.3, -0.25) is 0 Å². The van der Waals surface area contributed by atoms with E-state index >= 15 is 0 Å². The highest BCUT2D eigenvalue weighted by Gasteiger charge is 2.32. The molecule has 0 aliphatic rings. The Balaban J connectivity index is 2.47. The van der Waals surface area contributed by atoms with Gasteiger partial charge >= 0.3 is 12.1 Å². The predicted molar refractivity (Wildman–Crippen MR) is 75.1 cm³/mol. The molecule has 1 rings (SSSR count). The summed E-state index contributed by atoms with van der Waals surface area (Å²) in [4.78, 5) is 11.7. The van der Waals surface area contributed by atoms with Gasteiger partial charge in [-0.1, -0.05) is 39.0 Å². The number of ether oxygens (including phenoxy) is 1. The fourth-order valence-electron chi connectivity index (χ4n) is 2.00. The van der Waals surface area contributed by atoms with Gasteiger partial charge in [-0.05, 0) is 24.6 Å². The number of esters is 1. The molecule has 0 heterocycles. The van der Waals surface area contributed by atoms with Gasteiger partial charge in [0.25, 0.3) is 0 Å². The second kappa shape index (κ2) is 8.76. The molecule has 0 N–H and O–H groups in total. The van der Waals surface area contributed by atoms with Crippen LogP contribution in [-0.2, 0) is 10.9 Å². The van der Waals surface area contributed by atoms with E-state index < -0.39 is 29.1 Å². The summed E-state index contributed by atoms with van der Waals surface area (Å²) in [6.45, 7) is 2.23. The number of hydrogen-bond donors (Lipinski definition) is 0. The summed E-state index contributed by atoms with van der Waals surface area (Å²) in [5.74, 6) is -2.04. The van der Waals surface area contributed by atoms with E-state index in [9.17, 15) is 22.4 Å². The molecule has 0 radical (unpaired) electrons. The van der Waals surface area contributed by atoms with E-state index in [1.54, 1.807) is 0 Å². The molecule has 1 aromatic carbocycles. The van der Waals surface area contributed by atoms with Crippen LogP contribution in [0.2, 0.25) is 0 Å². The molecule has 0 aliphatic heterocycles. The van der Waals surface area contributed by atoms with Crippen LogP contribution >= 0.6 is 0 Å². The zero-order chi connectivity index (χ0) is 16.6. The number of alkyl halides is 3. The summed E-state index contributed by atoms with van der Waals surface area (Å²) in [6.07, 6.45) is 1.28. The molecule has 22 heavy (non-hydrogen) atoms. The highest BCUT2D eigenvalue weighted by molar-refractivity contribution is 5.89. The fourth-order valence-corrected chi connectivity index (χ4v) is 2.00. The summed E-state index contributed by atoms with van der Waals surface area (Å²) in [5.41, 5.74) is -1.61. The molecule has 2 nitrogen and oxygen atoms in total. The van der Waals surface area contributed by atoms with Crippen molar-refractivity contribution in [2.75, 3.05) is 6.61 Å². The third kappa shape index (κ3) is 6.45. The molecule has 6 heteroatoms. The van der Waals surface area contributed by atoms with E-state index in [0.29, 0.717) is 18.6 Å². The van der Waals surface area contributed by atoms with E-state index in [4.69, 9.17) is 4.74 Å². The normalized spacial score (nSPS) is 11.5. The molecule has 0 saturated heterocycles. The van der Waals surface area contributed by atoms with Gasteiger partial charge in [-0.25, -0.2) is 9.18 Å². The van der Waals surface area contributed by atoms with Crippen LogP contribution < -0.4 is 0 Å². The Morgan fingerprint density at radius 2 is 1.68 bits per heavy atom. The van der Waals surface area contributed by atoms with Crippen molar-refractivity contribution in [2.45, 2.75) is 51.6 Å². The molecule has 0 atom stereocenters. The minimum absolute atomic E-state index is 0.128. The Labute approximate surface area is 127 Å². The van der Waals surface area contributed by atoms with Gasteiger partial charge in [0.1, 0.15) is 5.82 Å². The number of carbonyl (C=O) groups is 1. The molecule has 1 aromatic rings. The standard InChI is InChI=1S/C16H20F4O2/c1-2-3-4-5-6-7-8-22-15(21)12-9-13(16(18,19)20)11-14(17)10-12/h9-11H,2-8H2,1H3. The van der Waals surface area contributed by atoms with Gasteiger partial charge < -0.3 is 4.74 Å². The van der Waals surface area contributed by atoms with Crippen molar-refractivity contribution in [3.8, 4) is 0 Å². The molecule has 0 bridgehead atoms. The summed E-state index contributed by atoms with van der Waals surface area (Å²) in [6, 6.07) is 1.70. The van der Waals surface area contributed by atoms with E-state index in [1.807, 2.05) is 0 Å². The lowest BCUT2D eigenvalue weighted by Crippen LogP contribution is -2.11. The van der Waals surface area contributed by atoms with Gasteiger partial charge in [-0.15, -0.1) is 0 Å². The smallest absolute Gasteiger partial charge is 0.416 e. The Bertz CT molecular complexity index is 484. The van der Waals surface area contributed by atoms with E-state index in [2.05, 4.69) is 6.92 Å². The SMILES string of the molecule is CCCCCCCCOC(=O)c1cc(F)cc(C(F)(F)F)c1. The first-order chi connectivity index (χ1) is 10.3. The highest BCUT2D eigenvalue weighted by Crippen LogP contribution is 2.30. The second-order valence-electron chi connectivity index (χ2n) is 5.13. The van der Waals surface area contributed by atoms with Crippen LogP contribution in [0.15, 0.2) is 18.2 Å². The van der Waals surface area contributed by atoms with Crippen LogP contribution in [0.25, 0.3) is 0 Å². The highest BCUT2D eigenvalue weighted by atomic mass is 19.4. The summed E-state index contributed by atoms with van der Waals surface area (Å²) < 4.78 is 55.7. The molecule has 0 aliphatic carbocycles. The molecule has 124 valence electrons. The third-order valence-corrected chi connectivity index (χ3v) is 3.19. The molecule has 0 amide bonds. The summed E-state index contributed by atoms with van der Waals surface area (Å²) >= 11 is 0. The van der Waals surface area contributed by atoms with Gasteiger partial charge in [0.15, 0.2) is 0 Å². The van der Waals surface area contributed by atoms with E-state index in [1.165, 1.54) is 0 Å². The topological polar surface area (TPSA) is 26.3 Å². The number of rotatable bonds is 8. The molecule has 0 aromatic heterocycles. The maximum absolute atomic E-state index is 13.2. The number of hydrogen-bond acceptors (Lipinski definition) is 2. The van der Waals surface area contributed by atoms with E-state index in [0.717, 1.165) is 38.2 Å². The predicted octanol–water partition coefficient (Wildman–Crippen LogP) is 5.36. The Kier molecular flexibility index (Phi) is 7.35. The summed E-state index contributed by atoms with van der Waals surface area (Å²) in [5, 5.41) is 0.